The summed E-state index contributed by atoms with van der Waals surface area (Å²) in [6.07, 6.45) is 0.773. The quantitative estimate of drug-likeness (QED) is 0.832. The Morgan fingerprint density at radius 2 is 1.81 bits per heavy atom. The molecule has 1 atom stereocenters. The lowest BCUT2D eigenvalue weighted by atomic mass is 9.97. The van der Waals surface area contributed by atoms with Gasteiger partial charge in [-0.25, -0.2) is 13.2 Å². The summed E-state index contributed by atoms with van der Waals surface area (Å²) in [6.45, 7) is 2.47. The van der Waals surface area contributed by atoms with Crippen molar-refractivity contribution in [2.24, 2.45) is 0 Å². The van der Waals surface area contributed by atoms with E-state index in [2.05, 4.69) is 5.32 Å². The minimum absolute atomic E-state index is 0.0598. The van der Waals surface area contributed by atoms with Gasteiger partial charge in [0.25, 0.3) is 0 Å². The molecule has 2 rings (SSSR count). The van der Waals surface area contributed by atoms with E-state index in [0.717, 1.165) is 12.5 Å². The van der Waals surface area contributed by atoms with Gasteiger partial charge in [0.1, 0.15) is 5.82 Å². The SMILES string of the molecule is CCCNC(c1cc(Cl)ccc1F)c1cccc(F)c1F. The zero-order chi connectivity index (χ0) is 15.4. The molecule has 1 unspecified atom stereocenters. The smallest absolute Gasteiger partial charge is 0.163 e. The van der Waals surface area contributed by atoms with E-state index in [0.29, 0.717) is 11.6 Å². The fourth-order valence-electron chi connectivity index (χ4n) is 2.16. The van der Waals surface area contributed by atoms with Gasteiger partial charge in [-0.2, -0.15) is 0 Å². The highest BCUT2D eigenvalue weighted by molar-refractivity contribution is 6.30. The lowest BCUT2D eigenvalue weighted by molar-refractivity contribution is 0.474. The van der Waals surface area contributed by atoms with Crippen molar-refractivity contribution in [2.45, 2.75) is 19.4 Å². The zero-order valence-corrected chi connectivity index (χ0v) is 12.2. The van der Waals surface area contributed by atoms with E-state index < -0.39 is 23.5 Å². The Kier molecular flexibility index (Phi) is 5.26. The standard InChI is InChI=1S/C16H15ClF3N/c1-2-8-21-16(11-4-3-5-14(19)15(11)20)12-9-10(17)6-7-13(12)18/h3-7,9,16,21H,2,8H2,1H3. The monoisotopic (exact) mass is 313 g/mol. The third-order valence-electron chi connectivity index (χ3n) is 3.16. The van der Waals surface area contributed by atoms with E-state index in [9.17, 15) is 13.2 Å². The molecular formula is C16H15ClF3N. The molecule has 0 spiro atoms. The Balaban J connectivity index is 2.52. The minimum Gasteiger partial charge on any atom is -0.306 e. The van der Waals surface area contributed by atoms with E-state index in [4.69, 9.17) is 11.6 Å². The van der Waals surface area contributed by atoms with Gasteiger partial charge in [-0.15, -0.1) is 0 Å². The van der Waals surface area contributed by atoms with Crippen LogP contribution < -0.4 is 5.32 Å². The van der Waals surface area contributed by atoms with Crippen molar-refractivity contribution in [3.8, 4) is 0 Å². The fourth-order valence-corrected chi connectivity index (χ4v) is 2.34. The lowest BCUT2D eigenvalue weighted by Gasteiger charge is -2.21. The summed E-state index contributed by atoms with van der Waals surface area (Å²) in [5, 5.41) is 3.37. The van der Waals surface area contributed by atoms with E-state index in [1.165, 1.54) is 30.3 Å². The molecule has 112 valence electrons. The Bertz CT molecular complexity index is 629. The van der Waals surface area contributed by atoms with Crippen LogP contribution in [-0.4, -0.2) is 6.54 Å². The van der Waals surface area contributed by atoms with Crippen LogP contribution >= 0.6 is 11.6 Å². The van der Waals surface area contributed by atoms with Crippen LogP contribution in [0.15, 0.2) is 36.4 Å². The van der Waals surface area contributed by atoms with E-state index in [-0.39, 0.29) is 11.1 Å². The Morgan fingerprint density at radius 3 is 2.52 bits per heavy atom. The first kappa shape index (κ1) is 15.9. The molecule has 0 aliphatic heterocycles. The summed E-state index contributed by atoms with van der Waals surface area (Å²) in [5.74, 6) is -2.46. The number of nitrogens with one attached hydrogen (secondary N) is 1. The van der Waals surface area contributed by atoms with Crippen molar-refractivity contribution in [1.82, 2.24) is 5.32 Å². The molecular weight excluding hydrogens is 299 g/mol. The maximum atomic E-state index is 14.1. The normalized spacial score (nSPS) is 12.4. The Morgan fingerprint density at radius 1 is 1.05 bits per heavy atom. The summed E-state index contributed by atoms with van der Waals surface area (Å²) in [5.41, 5.74) is 0.255. The number of hydrogen-bond donors (Lipinski definition) is 1. The highest BCUT2D eigenvalue weighted by Gasteiger charge is 2.22. The molecule has 0 aliphatic carbocycles. The molecule has 2 aromatic carbocycles. The number of rotatable bonds is 5. The van der Waals surface area contributed by atoms with E-state index >= 15 is 0 Å². The first-order chi connectivity index (χ1) is 10.0. The molecule has 0 aliphatic rings. The van der Waals surface area contributed by atoms with Gasteiger partial charge in [-0.1, -0.05) is 30.7 Å². The first-order valence-corrected chi connectivity index (χ1v) is 7.04. The molecule has 1 N–H and O–H groups in total. The molecule has 0 saturated heterocycles. The minimum atomic E-state index is -0.981. The van der Waals surface area contributed by atoms with Crippen LogP contribution in [0.2, 0.25) is 5.02 Å². The largest absolute Gasteiger partial charge is 0.306 e. The van der Waals surface area contributed by atoms with Crippen LogP contribution in [0.4, 0.5) is 13.2 Å². The summed E-state index contributed by atoms with van der Waals surface area (Å²) in [4.78, 5) is 0. The first-order valence-electron chi connectivity index (χ1n) is 6.66. The van der Waals surface area contributed by atoms with Crippen molar-refractivity contribution < 1.29 is 13.2 Å². The third kappa shape index (κ3) is 3.57. The number of hydrogen-bond acceptors (Lipinski definition) is 1. The van der Waals surface area contributed by atoms with Crippen molar-refractivity contribution >= 4 is 11.6 Å². The van der Waals surface area contributed by atoms with Gasteiger partial charge in [0, 0.05) is 16.1 Å². The predicted octanol–water partition coefficient (Wildman–Crippen LogP) is 4.85. The molecule has 0 radical (unpaired) electrons. The molecule has 1 nitrogen and oxygen atoms in total. The van der Waals surface area contributed by atoms with Crippen molar-refractivity contribution in [3.05, 3.63) is 70.0 Å². The van der Waals surface area contributed by atoms with Crippen molar-refractivity contribution in [3.63, 3.8) is 0 Å². The third-order valence-corrected chi connectivity index (χ3v) is 3.40. The second-order valence-corrected chi connectivity index (χ2v) is 5.13. The van der Waals surface area contributed by atoms with Crippen LogP contribution in [-0.2, 0) is 0 Å². The zero-order valence-electron chi connectivity index (χ0n) is 11.5. The van der Waals surface area contributed by atoms with E-state index in [1.54, 1.807) is 0 Å². The maximum absolute atomic E-state index is 14.1. The maximum Gasteiger partial charge on any atom is 0.163 e. The lowest BCUT2D eigenvalue weighted by Crippen LogP contribution is -2.25. The molecule has 2 aromatic rings. The molecule has 5 heteroatoms. The summed E-state index contributed by atoms with van der Waals surface area (Å²) in [6, 6.07) is 7.13. The molecule has 0 amide bonds. The van der Waals surface area contributed by atoms with Gasteiger partial charge in [0.2, 0.25) is 0 Å². The summed E-state index contributed by atoms with van der Waals surface area (Å²) < 4.78 is 41.5. The summed E-state index contributed by atoms with van der Waals surface area (Å²) >= 11 is 5.89. The molecule has 0 heterocycles. The van der Waals surface area contributed by atoms with E-state index in [1.807, 2.05) is 6.92 Å². The number of benzene rings is 2. The highest BCUT2D eigenvalue weighted by Crippen LogP contribution is 2.29. The van der Waals surface area contributed by atoms with Gasteiger partial charge < -0.3 is 5.32 Å². The van der Waals surface area contributed by atoms with Gasteiger partial charge in [0.15, 0.2) is 11.6 Å². The summed E-state index contributed by atoms with van der Waals surface area (Å²) in [7, 11) is 0. The van der Waals surface area contributed by atoms with Crippen molar-refractivity contribution in [2.75, 3.05) is 6.54 Å². The van der Waals surface area contributed by atoms with Gasteiger partial charge in [-0.05, 0) is 37.2 Å². The Hall–Kier alpha value is -1.52. The van der Waals surface area contributed by atoms with Gasteiger partial charge >= 0.3 is 0 Å². The van der Waals surface area contributed by atoms with Crippen LogP contribution in [0.25, 0.3) is 0 Å². The van der Waals surface area contributed by atoms with Crippen LogP contribution in [0.3, 0.4) is 0 Å². The topological polar surface area (TPSA) is 12.0 Å². The average molecular weight is 314 g/mol. The van der Waals surface area contributed by atoms with Crippen LogP contribution in [0.1, 0.15) is 30.5 Å². The number of halogens is 4. The predicted molar refractivity (Wildman–Crippen MR) is 77.9 cm³/mol. The molecule has 0 fully saturated rings. The Labute approximate surface area is 126 Å². The van der Waals surface area contributed by atoms with Gasteiger partial charge in [-0.3, -0.25) is 0 Å². The average Bonchev–Trinajstić information content (AvgIpc) is 2.47. The van der Waals surface area contributed by atoms with Crippen molar-refractivity contribution in [1.29, 1.82) is 0 Å². The fraction of sp³-hybridized carbons (Fsp3) is 0.250. The highest BCUT2D eigenvalue weighted by atomic mass is 35.5. The second kappa shape index (κ2) is 6.96. The second-order valence-electron chi connectivity index (χ2n) is 4.70. The molecule has 0 saturated carbocycles. The molecule has 0 aromatic heterocycles. The van der Waals surface area contributed by atoms with Crippen LogP contribution in [0.5, 0.6) is 0 Å². The van der Waals surface area contributed by atoms with Crippen LogP contribution in [0, 0.1) is 17.5 Å². The van der Waals surface area contributed by atoms with Gasteiger partial charge in [0.05, 0.1) is 6.04 Å². The molecule has 0 bridgehead atoms. The molecule has 21 heavy (non-hydrogen) atoms.